The van der Waals surface area contributed by atoms with Crippen LogP contribution in [0.5, 0.6) is 0 Å². The summed E-state index contributed by atoms with van der Waals surface area (Å²) >= 11 is 4.96. The summed E-state index contributed by atoms with van der Waals surface area (Å²) in [5, 5.41) is 5.12. The molecule has 13 heteroatoms. The topological polar surface area (TPSA) is 135 Å². The lowest BCUT2D eigenvalue weighted by Crippen LogP contribution is -1.72. The third-order valence-electron chi connectivity index (χ3n) is 6.35. The second-order valence-corrected chi connectivity index (χ2v) is 14.8. The van der Waals surface area contributed by atoms with Crippen LogP contribution in [0.1, 0.15) is 94.0 Å². The normalized spacial score (nSPS) is 7.95. The van der Waals surface area contributed by atoms with Gasteiger partial charge in [-0.15, -0.1) is 34.0 Å². The minimum Gasteiger partial charge on any atom is -0.349 e. The number of imidazole rings is 2. The van der Waals surface area contributed by atoms with Crippen LogP contribution < -0.4 is 0 Å². The van der Waals surface area contributed by atoms with Gasteiger partial charge in [-0.05, 0) is 104 Å². The number of hydrogen-bond donors (Lipinski definition) is 2. The molecule has 0 amide bonds. The van der Waals surface area contributed by atoms with E-state index < -0.39 is 0 Å². The first-order chi connectivity index (χ1) is 28.0. The summed E-state index contributed by atoms with van der Waals surface area (Å²) in [6.45, 7) is 18.0. The Morgan fingerprint density at radius 3 is 1.30 bits per heavy atom. The second-order valence-electron chi connectivity index (χ2n) is 11.9. The van der Waals surface area contributed by atoms with E-state index in [2.05, 4.69) is 68.9 Å². The summed E-state index contributed by atoms with van der Waals surface area (Å²) in [6.07, 6.45) is 19.6. The molecule has 0 spiro atoms. The molecule has 352 valence electrons. The van der Waals surface area contributed by atoms with Crippen molar-refractivity contribution in [1.29, 1.82) is 0 Å². The van der Waals surface area contributed by atoms with E-state index in [0.717, 1.165) is 27.9 Å². The van der Waals surface area contributed by atoms with E-state index in [1.807, 2.05) is 150 Å². The molecule has 0 unspecified atom stereocenters. The van der Waals surface area contributed by atoms with Gasteiger partial charge < -0.3 is 9.97 Å². The lowest BCUT2D eigenvalue weighted by molar-refractivity contribution is 1.15. The van der Waals surface area contributed by atoms with Gasteiger partial charge in [-0.25, -0.2) is 9.97 Å². The number of aromatic nitrogens is 10. The van der Waals surface area contributed by atoms with Crippen LogP contribution >= 0.6 is 34.0 Å². The molecule has 8 heterocycles. The molecule has 0 radical (unpaired) electrons. The molecule has 2 N–H and O–H groups in total. The molecule has 9 rings (SSSR count). The molecule has 1 aromatic carbocycles. The van der Waals surface area contributed by atoms with Crippen molar-refractivity contribution in [1.82, 2.24) is 49.8 Å². The molecule has 10 nitrogen and oxygen atoms in total. The van der Waals surface area contributed by atoms with Crippen molar-refractivity contribution in [3.05, 3.63) is 212 Å². The van der Waals surface area contributed by atoms with E-state index in [0.29, 0.717) is 0 Å². The van der Waals surface area contributed by atoms with Crippen LogP contribution in [-0.4, -0.2) is 49.8 Å². The maximum Gasteiger partial charge on any atom is 0.102 e. The lowest BCUT2D eigenvalue weighted by Gasteiger charge is -1.82. The Labute approximate surface area is 401 Å². The first kappa shape index (κ1) is 69.7. The zero-order valence-electron chi connectivity index (χ0n) is 34.9. The smallest absolute Gasteiger partial charge is 0.102 e. The van der Waals surface area contributed by atoms with Gasteiger partial charge in [-0.2, -0.15) is 0 Å². The van der Waals surface area contributed by atoms with Crippen LogP contribution in [0.15, 0.2) is 163 Å². The number of aryl methyl sites for hydroxylation is 9. The number of nitrogens with one attached hydrogen (secondary N) is 2. The first-order valence-corrected chi connectivity index (χ1v) is 20.8. The Kier molecular flexibility index (Phi) is 52.3. The minimum absolute atomic E-state index is 0. The fraction of sp³-hybridized carbons (Fsp3) is 0.294. The van der Waals surface area contributed by atoms with Crippen molar-refractivity contribution in [2.75, 3.05) is 0 Å². The number of thiazole rings is 3. The van der Waals surface area contributed by atoms with E-state index in [1.165, 1.54) is 21.6 Å². The van der Waals surface area contributed by atoms with Crippen LogP contribution in [0, 0.1) is 62.3 Å². The Hall–Kier alpha value is -6.02. The van der Waals surface area contributed by atoms with Crippen molar-refractivity contribution < 1.29 is 0 Å². The number of H-pyrrole nitrogens is 2. The highest BCUT2D eigenvalue weighted by atomic mass is 32.1. The molecule has 0 aliphatic heterocycles. The Balaban J connectivity index is -0.000000146. The third-order valence-corrected chi connectivity index (χ3v) is 8.46. The fourth-order valence-corrected chi connectivity index (χ4v) is 4.77. The number of hydrogen-bond acceptors (Lipinski definition) is 11. The van der Waals surface area contributed by atoms with E-state index in [4.69, 9.17) is 0 Å². The van der Waals surface area contributed by atoms with Crippen molar-refractivity contribution >= 4 is 34.0 Å². The van der Waals surface area contributed by atoms with Crippen molar-refractivity contribution in [3.8, 4) is 0 Å². The predicted molar refractivity (Wildman–Crippen MR) is 286 cm³/mol. The average molecular weight is 929 g/mol. The van der Waals surface area contributed by atoms with Crippen molar-refractivity contribution in [2.45, 2.75) is 107 Å². The van der Waals surface area contributed by atoms with Gasteiger partial charge in [0.15, 0.2) is 0 Å². The fourth-order valence-electron chi connectivity index (χ4n) is 3.37. The van der Waals surface area contributed by atoms with Crippen LogP contribution in [0.4, 0.5) is 0 Å². The van der Waals surface area contributed by atoms with Crippen LogP contribution in [0.25, 0.3) is 0 Å². The molecule has 0 saturated heterocycles. The second kappa shape index (κ2) is 48.0. The lowest BCUT2D eigenvalue weighted by atomic mass is 10.2. The van der Waals surface area contributed by atoms with Gasteiger partial charge in [-0.3, -0.25) is 29.9 Å². The molecule has 0 fully saturated rings. The Morgan fingerprint density at radius 2 is 1.09 bits per heavy atom. The third kappa shape index (κ3) is 45.5. The van der Waals surface area contributed by atoms with Crippen molar-refractivity contribution in [2.24, 2.45) is 0 Å². The molecular weight excluding hydrogens is 849 g/mol. The Bertz CT molecular complexity index is 1740. The van der Waals surface area contributed by atoms with Gasteiger partial charge in [0.1, 0.15) is 5.82 Å². The van der Waals surface area contributed by atoms with E-state index in [1.54, 1.807) is 89.9 Å². The van der Waals surface area contributed by atoms with Gasteiger partial charge in [0.05, 0.1) is 22.4 Å². The van der Waals surface area contributed by atoms with Crippen LogP contribution in [0.3, 0.4) is 0 Å². The summed E-state index contributed by atoms with van der Waals surface area (Å²) in [5.41, 5.74) is 10.7. The molecule has 0 aliphatic carbocycles. The number of benzene rings is 1. The molecule has 0 aliphatic rings. The van der Waals surface area contributed by atoms with Crippen LogP contribution in [0.2, 0.25) is 0 Å². The summed E-state index contributed by atoms with van der Waals surface area (Å²) in [7, 11) is 0. The van der Waals surface area contributed by atoms with Gasteiger partial charge in [-0.1, -0.05) is 92.6 Å². The summed E-state index contributed by atoms with van der Waals surface area (Å²) in [6, 6.07) is 24.0. The zero-order valence-corrected chi connectivity index (χ0v) is 37.3. The zero-order chi connectivity index (χ0) is 42.5. The maximum atomic E-state index is 3.98. The van der Waals surface area contributed by atoms with E-state index in [-0.39, 0.29) is 44.6 Å². The monoisotopic (exact) mass is 929 g/mol. The molecule has 8 aromatic heterocycles. The quantitative estimate of drug-likeness (QED) is 0.153. The largest absolute Gasteiger partial charge is 0.349 e. The van der Waals surface area contributed by atoms with Gasteiger partial charge in [0.25, 0.3) is 0 Å². The number of nitrogens with zero attached hydrogens (tertiary/aromatic N) is 8. The maximum absolute atomic E-state index is 3.98. The predicted octanol–water partition coefficient (Wildman–Crippen LogP) is 15.8. The van der Waals surface area contributed by atoms with Crippen molar-refractivity contribution in [3.63, 3.8) is 0 Å². The number of aromatic amines is 2. The number of pyridine rings is 3. The van der Waals surface area contributed by atoms with E-state index in [9.17, 15) is 0 Å². The minimum atomic E-state index is 0. The summed E-state index contributed by atoms with van der Waals surface area (Å²) in [4.78, 5) is 38.1. The molecule has 0 saturated carbocycles. The standard InChI is InChI=1S/C7H8.3C6H7N.2C4H6N2.3C4H5NS.6CH4/c1-7-5-3-2-4-6-7;1-6-2-4-7-5-3-6;1-6-3-2-4-7-5-6;1-6-4-2-3-5-7-6;1-4-2-5-3-6-4;1-4-5-2-3-6-4;1-4-2-6-3-5-4;1-4-2-5-3-6-4;1-4-5-2-3-6-4;;;;;;/h2-6H,1H3;3*2-5H,1H3;2*2-3H,1H3,(H,5,6);3*2-3H,1H3;6*1H4. The summed E-state index contributed by atoms with van der Waals surface area (Å²) in [5.74, 6) is 0.968. The first-order valence-electron chi connectivity index (χ1n) is 18.1. The van der Waals surface area contributed by atoms with Gasteiger partial charge in [0, 0.05) is 94.7 Å². The highest BCUT2D eigenvalue weighted by Crippen LogP contribution is 2.00. The highest BCUT2D eigenvalue weighted by Gasteiger charge is 1.79. The Morgan fingerprint density at radius 1 is 0.438 bits per heavy atom. The molecule has 0 atom stereocenters. The van der Waals surface area contributed by atoms with E-state index >= 15 is 0 Å². The molecule has 0 bridgehead atoms. The highest BCUT2D eigenvalue weighted by molar-refractivity contribution is 7.09. The molecule has 9 aromatic rings. The molecule has 64 heavy (non-hydrogen) atoms. The van der Waals surface area contributed by atoms with Gasteiger partial charge in [0.2, 0.25) is 0 Å². The average Bonchev–Trinajstić information content (AvgIpc) is 4.10. The molecular formula is C51H80N10S3. The van der Waals surface area contributed by atoms with Gasteiger partial charge >= 0.3 is 0 Å². The summed E-state index contributed by atoms with van der Waals surface area (Å²) < 4.78 is 0. The SMILES string of the molecule is C.C.C.C.C.C.Cc1ccccc1.Cc1ccccn1.Cc1cccnc1.Cc1ccncc1.Cc1cnc[nH]1.Cc1cncs1.Cc1cscn1.Cc1ncc[nH]1.Cc1nccs1. The van der Waals surface area contributed by atoms with Crippen LogP contribution in [-0.2, 0) is 0 Å². The number of rotatable bonds is 0.